The number of carbonyl (C=O) groups excluding carboxylic acids is 1. The lowest BCUT2D eigenvalue weighted by molar-refractivity contribution is 0.0951. The number of hydrogen-bond donors (Lipinski definition) is 3. The third kappa shape index (κ3) is 3.87. The maximum absolute atomic E-state index is 13.0. The van der Waals surface area contributed by atoms with Gasteiger partial charge in [-0.05, 0) is 61.3 Å². The third-order valence-corrected chi connectivity index (χ3v) is 8.88. The predicted octanol–water partition coefficient (Wildman–Crippen LogP) is 5.78. The fraction of sp³-hybridized carbons (Fsp3) is 0.467. The Morgan fingerprint density at radius 1 is 0.892 bits per heavy atom. The van der Waals surface area contributed by atoms with Crippen molar-refractivity contribution in [1.29, 1.82) is 0 Å². The molecule has 2 saturated carbocycles. The zero-order chi connectivity index (χ0) is 25.1. The predicted molar refractivity (Wildman–Crippen MR) is 144 cm³/mol. The largest absolute Gasteiger partial charge is 0.465 e. The zero-order valence-corrected chi connectivity index (χ0v) is 21.1. The fourth-order valence-electron chi connectivity index (χ4n) is 7.02. The number of amides is 2. The van der Waals surface area contributed by atoms with E-state index in [1.165, 1.54) is 60.0 Å². The first kappa shape index (κ1) is 22.7. The summed E-state index contributed by atoms with van der Waals surface area (Å²) in [5, 5.41) is 16.7. The summed E-state index contributed by atoms with van der Waals surface area (Å²) in [5.41, 5.74) is 8.04. The molecule has 3 N–H and O–H groups in total. The van der Waals surface area contributed by atoms with Crippen LogP contribution in [0.5, 0.6) is 0 Å². The highest BCUT2D eigenvalue weighted by molar-refractivity contribution is 6.02. The van der Waals surface area contributed by atoms with Crippen LogP contribution in [-0.4, -0.2) is 40.8 Å². The van der Waals surface area contributed by atoms with E-state index in [9.17, 15) is 14.7 Å². The van der Waals surface area contributed by atoms with E-state index >= 15 is 0 Å². The van der Waals surface area contributed by atoms with Gasteiger partial charge in [-0.15, -0.1) is 0 Å². The molecule has 2 aliphatic heterocycles. The van der Waals surface area contributed by atoms with Crippen LogP contribution in [-0.2, 0) is 6.54 Å². The number of hydrogen-bond acceptors (Lipinski definition) is 3. The number of anilines is 1. The van der Waals surface area contributed by atoms with Crippen molar-refractivity contribution in [3.63, 3.8) is 0 Å². The van der Waals surface area contributed by atoms with Crippen molar-refractivity contribution in [3.8, 4) is 11.3 Å². The summed E-state index contributed by atoms with van der Waals surface area (Å²) < 4.78 is 2.46. The van der Waals surface area contributed by atoms with E-state index in [2.05, 4.69) is 50.4 Å². The molecule has 0 bridgehead atoms. The molecule has 3 heterocycles. The summed E-state index contributed by atoms with van der Waals surface area (Å²) >= 11 is 0. The van der Waals surface area contributed by atoms with E-state index in [0.29, 0.717) is 12.0 Å². The molecule has 2 amide bonds. The highest BCUT2D eigenvalue weighted by Crippen LogP contribution is 2.50. The van der Waals surface area contributed by atoms with E-state index in [-0.39, 0.29) is 11.9 Å². The standard InChI is InChI=1S/C30H34N4O3/c35-29(31-20-10-11-20)19-9-12-22-25(17-19)34-16-15-33-14-13-24(32-30(36)37)21-7-4-8-23(27(21)33)28(34)26(22)18-5-2-1-3-6-18/h4,7-9,12,17-18,20,24,32H,1-3,5-6,10-11,13-16H2,(H,31,35)(H,36,37)/t24-/m1/s1. The molecule has 7 heteroatoms. The first-order chi connectivity index (χ1) is 18.1. The van der Waals surface area contributed by atoms with Gasteiger partial charge in [-0.3, -0.25) is 4.79 Å². The average molecular weight is 499 g/mol. The lowest BCUT2D eigenvalue weighted by Crippen LogP contribution is -2.38. The zero-order valence-electron chi connectivity index (χ0n) is 21.1. The van der Waals surface area contributed by atoms with E-state index in [4.69, 9.17) is 0 Å². The second-order valence-corrected chi connectivity index (χ2v) is 11.2. The molecule has 2 aliphatic carbocycles. The number of rotatable bonds is 4. The van der Waals surface area contributed by atoms with E-state index < -0.39 is 6.09 Å². The second-order valence-electron chi connectivity index (χ2n) is 11.2. The number of para-hydroxylation sites is 1. The molecule has 7 rings (SSSR count). The van der Waals surface area contributed by atoms with Crippen LogP contribution in [0.15, 0.2) is 36.4 Å². The Bertz CT molecular complexity index is 1400. The van der Waals surface area contributed by atoms with Crippen LogP contribution in [0.1, 0.15) is 84.8 Å². The number of aromatic nitrogens is 1. The van der Waals surface area contributed by atoms with Crippen LogP contribution in [0.4, 0.5) is 10.5 Å². The maximum atomic E-state index is 13.0. The minimum Gasteiger partial charge on any atom is -0.465 e. The molecular weight excluding hydrogens is 464 g/mol. The molecule has 7 nitrogen and oxygen atoms in total. The minimum atomic E-state index is -0.973. The van der Waals surface area contributed by atoms with Crippen LogP contribution in [0.3, 0.4) is 0 Å². The Morgan fingerprint density at radius 3 is 2.51 bits per heavy atom. The number of carboxylic acid groups (broad SMARTS) is 1. The highest BCUT2D eigenvalue weighted by Gasteiger charge is 2.35. The molecule has 0 radical (unpaired) electrons. The summed E-state index contributed by atoms with van der Waals surface area (Å²) in [6.07, 6.45) is 8.13. The lowest BCUT2D eigenvalue weighted by Gasteiger charge is -2.36. The van der Waals surface area contributed by atoms with E-state index in [1.807, 2.05) is 6.07 Å². The van der Waals surface area contributed by atoms with Crippen molar-refractivity contribution in [3.05, 3.63) is 53.1 Å². The quantitative estimate of drug-likeness (QED) is 0.426. The molecule has 192 valence electrons. The van der Waals surface area contributed by atoms with Crippen molar-refractivity contribution in [2.24, 2.45) is 0 Å². The van der Waals surface area contributed by atoms with Crippen LogP contribution < -0.4 is 15.5 Å². The smallest absolute Gasteiger partial charge is 0.405 e. The Labute approximate surface area is 216 Å². The molecule has 3 aromatic rings. The average Bonchev–Trinajstić information content (AvgIpc) is 3.69. The van der Waals surface area contributed by atoms with Gasteiger partial charge in [0, 0.05) is 47.7 Å². The van der Waals surface area contributed by atoms with Gasteiger partial charge in [-0.2, -0.15) is 0 Å². The summed E-state index contributed by atoms with van der Waals surface area (Å²) in [6.45, 7) is 2.53. The van der Waals surface area contributed by atoms with Crippen molar-refractivity contribution in [2.45, 2.75) is 75.9 Å². The van der Waals surface area contributed by atoms with Gasteiger partial charge in [-0.1, -0.05) is 43.5 Å². The lowest BCUT2D eigenvalue weighted by atomic mass is 9.81. The van der Waals surface area contributed by atoms with Crippen LogP contribution in [0, 0.1) is 0 Å². The van der Waals surface area contributed by atoms with Crippen molar-refractivity contribution in [1.82, 2.24) is 15.2 Å². The fourth-order valence-corrected chi connectivity index (χ4v) is 7.02. The Kier molecular flexibility index (Phi) is 5.41. The molecule has 1 atom stereocenters. The van der Waals surface area contributed by atoms with E-state index in [1.54, 1.807) is 0 Å². The number of carbonyl (C=O) groups is 2. The van der Waals surface area contributed by atoms with Crippen LogP contribution in [0.2, 0.25) is 0 Å². The van der Waals surface area contributed by atoms with E-state index in [0.717, 1.165) is 55.5 Å². The topological polar surface area (TPSA) is 86.6 Å². The molecule has 0 saturated heterocycles. The normalized spacial score (nSPS) is 21.2. The molecule has 2 aromatic carbocycles. The van der Waals surface area contributed by atoms with Gasteiger partial charge in [-0.25, -0.2) is 4.79 Å². The Hall–Kier alpha value is -3.48. The van der Waals surface area contributed by atoms with Gasteiger partial charge < -0.3 is 25.2 Å². The third-order valence-electron chi connectivity index (χ3n) is 8.88. The molecular formula is C30H34N4O3. The van der Waals surface area contributed by atoms with Crippen molar-refractivity contribution < 1.29 is 14.7 Å². The monoisotopic (exact) mass is 498 g/mol. The molecule has 0 unspecified atom stereocenters. The summed E-state index contributed by atoms with van der Waals surface area (Å²) in [4.78, 5) is 27.0. The number of nitrogens with zero attached hydrogens (tertiary/aromatic N) is 2. The van der Waals surface area contributed by atoms with Gasteiger partial charge in [0.2, 0.25) is 0 Å². The SMILES string of the molecule is O=C(O)N[C@@H]1CCN2CCn3c(c(C4CCCCC4)c4ccc(C(=O)NC5CC5)cc43)-c3cccc1c32. The Balaban J connectivity index is 1.44. The van der Waals surface area contributed by atoms with Gasteiger partial charge in [0.25, 0.3) is 5.91 Å². The molecule has 2 fully saturated rings. The number of nitrogens with one attached hydrogen (secondary N) is 2. The van der Waals surface area contributed by atoms with Crippen LogP contribution in [0.25, 0.3) is 22.2 Å². The first-order valence-electron chi connectivity index (χ1n) is 13.9. The summed E-state index contributed by atoms with van der Waals surface area (Å²) in [5.74, 6) is 0.523. The van der Waals surface area contributed by atoms with Gasteiger partial charge in [0.05, 0.1) is 17.4 Å². The Morgan fingerprint density at radius 2 is 1.73 bits per heavy atom. The van der Waals surface area contributed by atoms with Crippen LogP contribution >= 0.6 is 0 Å². The summed E-state index contributed by atoms with van der Waals surface area (Å²) in [6, 6.07) is 12.8. The minimum absolute atomic E-state index is 0.0256. The maximum Gasteiger partial charge on any atom is 0.405 e. The van der Waals surface area contributed by atoms with Crippen molar-refractivity contribution >= 4 is 28.6 Å². The summed E-state index contributed by atoms with van der Waals surface area (Å²) in [7, 11) is 0. The number of fused-ring (bicyclic) bond motifs is 4. The van der Waals surface area contributed by atoms with Crippen molar-refractivity contribution in [2.75, 3.05) is 18.0 Å². The molecule has 0 spiro atoms. The highest BCUT2D eigenvalue weighted by atomic mass is 16.4. The molecule has 37 heavy (non-hydrogen) atoms. The molecule has 4 aliphatic rings. The van der Waals surface area contributed by atoms with Gasteiger partial charge in [0.15, 0.2) is 0 Å². The first-order valence-corrected chi connectivity index (χ1v) is 13.9. The number of benzene rings is 2. The van der Waals surface area contributed by atoms with Gasteiger partial charge >= 0.3 is 6.09 Å². The van der Waals surface area contributed by atoms with Gasteiger partial charge in [0.1, 0.15) is 0 Å². The second kappa shape index (κ2) is 8.82. The molecule has 1 aromatic heterocycles.